The fraction of sp³-hybridized carbons (Fsp3) is 0.222. The number of fused-ring (bicyclic) bond motifs is 1. The molecular formula is C9H7ClO. The van der Waals surface area contributed by atoms with Gasteiger partial charge in [-0.25, -0.2) is 0 Å². The number of carbonyl (C=O) groups is 1. The van der Waals surface area contributed by atoms with Gasteiger partial charge in [-0.05, 0) is 12.0 Å². The van der Waals surface area contributed by atoms with Gasteiger partial charge in [-0.15, -0.1) is 11.6 Å². The molecule has 11 heavy (non-hydrogen) atoms. The molecule has 0 fully saturated rings. The number of alkyl halides is 1. The zero-order chi connectivity index (χ0) is 7.84. The molecule has 1 nitrogen and oxygen atoms in total. The topological polar surface area (TPSA) is 17.1 Å². The first-order valence-corrected chi connectivity index (χ1v) is 3.99. The van der Waals surface area contributed by atoms with Crippen LogP contribution in [-0.2, 0) is 6.42 Å². The van der Waals surface area contributed by atoms with E-state index in [1.54, 1.807) is 0 Å². The Morgan fingerprint density at radius 3 is 2.82 bits per heavy atom. The van der Waals surface area contributed by atoms with Gasteiger partial charge in [0.1, 0.15) is 5.38 Å². The Labute approximate surface area is 70.0 Å². The Morgan fingerprint density at radius 1 is 1.36 bits per heavy atom. The van der Waals surface area contributed by atoms with Crippen molar-refractivity contribution in [3.63, 3.8) is 0 Å². The number of benzene rings is 1. The summed E-state index contributed by atoms with van der Waals surface area (Å²) < 4.78 is 0. The average molecular weight is 167 g/mol. The van der Waals surface area contributed by atoms with E-state index in [0.717, 1.165) is 11.1 Å². The number of rotatable bonds is 0. The van der Waals surface area contributed by atoms with Crippen molar-refractivity contribution in [2.45, 2.75) is 11.8 Å². The molecule has 56 valence electrons. The second-order valence-electron chi connectivity index (χ2n) is 2.69. The molecule has 0 aliphatic heterocycles. The summed E-state index contributed by atoms with van der Waals surface area (Å²) in [6.07, 6.45) is 0.691. The van der Waals surface area contributed by atoms with E-state index in [2.05, 4.69) is 0 Å². The molecule has 0 unspecified atom stereocenters. The highest BCUT2D eigenvalue weighted by Gasteiger charge is 2.27. The first-order chi connectivity index (χ1) is 5.29. The van der Waals surface area contributed by atoms with Gasteiger partial charge >= 0.3 is 0 Å². The fourth-order valence-electron chi connectivity index (χ4n) is 1.39. The number of halogens is 1. The minimum Gasteiger partial charge on any atom is -0.292 e. The molecule has 0 amide bonds. The molecule has 0 N–H and O–H groups in total. The third-order valence-electron chi connectivity index (χ3n) is 1.97. The van der Waals surface area contributed by atoms with Crippen molar-refractivity contribution in [1.29, 1.82) is 0 Å². The van der Waals surface area contributed by atoms with Gasteiger partial charge in [-0.2, -0.15) is 0 Å². The Kier molecular flexibility index (Phi) is 1.46. The van der Waals surface area contributed by atoms with Crippen molar-refractivity contribution in [3.8, 4) is 0 Å². The predicted octanol–water partition coefficient (Wildman–Crippen LogP) is 2.03. The molecule has 2 heteroatoms. The maximum absolute atomic E-state index is 11.3. The van der Waals surface area contributed by atoms with E-state index >= 15 is 0 Å². The van der Waals surface area contributed by atoms with Crippen LogP contribution in [0.2, 0.25) is 0 Å². The van der Waals surface area contributed by atoms with Crippen molar-refractivity contribution in [3.05, 3.63) is 35.4 Å². The molecule has 0 saturated carbocycles. The van der Waals surface area contributed by atoms with Crippen LogP contribution < -0.4 is 0 Å². The maximum atomic E-state index is 11.3. The van der Waals surface area contributed by atoms with Crippen molar-refractivity contribution in [1.82, 2.24) is 0 Å². The fourth-order valence-corrected chi connectivity index (χ4v) is 1.68. The largest absolute Gasteiger partial charge is 0.292 e. The number of hydrogen-bond acceptors (Lipinski definition) is 1. The van der Waals surface area contributed by atoms with Crippen LogP contribution in [-0.4, -0.2) is 11.2 Å². The van der Waals surface area contributed by atoms with Crippen molar-refractivity contribution in [2.24, 2.45) is 0 Å². The molecule has 1 aliphatic carbocycles. The molecule has 1 atom stereocenters. The predicted molar refractivity (Wildman–Crippen MR) is 44.1 cm³/mol. The molecule has 0 radical (unpaired) electrons. The molecule has 0 aromatic heterocycles. The van der Waals surface area contributed by atoms with Gasteiger partial charge in [0.25, 0.3) is 0 Å². The molecule has 1 aromatic rings. The van der Waals surface area contributed by atoms with Crippen molar-refractivity contribution >= 4 is 17.4 Å². The molecule has 0 bridgehead atoms. The van der Waals surface area contributed by atoms with E-state index < -0.39 is 0 Å². The lowest BCUT2D eigenvalue weighted by molar-refractivity contribution is 0.0998. The summed E-state index contributed by atoms with van der Waals surface area (Å²) in [5.74, 6) is 0.0715. The summed E-state index contributed by atoms with van der Waals surface area (Å²) >= 11 is 5.78. The number of hydrogen-bond donors (Lipinski definition) is 0. The SMILES string of the molecule is O=C1c2ccccc2C[C@@H]1Cl. The summed E-state index contributed by atoms with van der Waals surface area (Å²) in [5.41, 5.74) is 1.88. The zero-order valence-electron chi connectivity index (χ0n) is 5.88. The van der Waals surface area contributed by atoms with Crippen LogP contribution in [0.1, 0.15) is 15.9 Å². The van der Waals surface area contributed by atoms with Gasteiger partial charge in [0.2, 0.25) is 0 Å². The minimum absolute atomic E-state index is 0.0715. The molecule has 0 saturated heterocycles. The molecule has 0 heterocycles. The van der Waals surface area contributed by atoms with Crippen LogP contribution in [0.25, 0.3) is 0 Å². The molecule has 2 rings (SSSR count). The molecule has 0 spiro atoms. The first kappa shape index (κ1) is 6.86. The molecular weight excluding hydrogens is 160 g/mol. The third-order valence-corrected chi connectivity index (χ3v) is 2.32. The van der Waals surface area contributed by atoms with Gasteiger partial charge in [0.15, 0.2) is 5.78 Å². The normalized spacial score (nSPS) is 21.9. The number of ketones is 1. The van der Waals surface area contributed by atoms with Crippen LogP contribution >= 0.6 is 11.6 Å². The van der Waals surface area contributed by atoms with Gasteiger partial charge < -0.3 is 0 Å². The Morgan fingerprint density at radius 2 is 2.09 bits per heavy atom. The maximum Gasteiger partial charge on any atom is 0.181 e. The van der Waals surface area contributed by atoms with Crippen LogP contribution in [0.4, 0.5) is 0 Å². The van der Waals surface area contributed by atoms with E-state index in [1.165, 1.54) is 0 Å². The van der Waals surface area contributed by atoms with Gasteiger partial charge in [-0.1, -0.05) is 24.3 Å². The highest BCUT2D eigenvalue weighted by atomic mass is 35.5. The summed E-state index contributed by atoms with van der Waals surface area (Å²) in [7, 11) is 0. The van der Waals surface area contributed by atoms with Gasteiger partial charge in [-0.3, -0.25) is 4.79 Å². The van der Waals surface area contributed by atoms with E-state index in [0.29, 0.717) is 6.42 Å². The quantitative estimate of drug-likeness (QED) is 0.539. The number of Topliss-reactive ketones (excluding diaryl/α,β-unsaturated/α-hetero) is 1. The minimum atomic E-state index is -0.326. The monoisotopic (exact) mass is 166 g/mol. The van der Waals surface area contributed by atoms with E-state index in [4.69, 9.17) is 11.6 Å². The van der Waals surface area contributed by atoms with Crippen LogP contribution in [0.3, 0.4) is 0 Å². The lowest BCUT2D eigenvalue weighted by atomic mass is 10.1. The second kappa shape index (κ2) is 2.35. The van der Waals surface area contributed by atoms with E-state index in [-0.39, 0.29) is 11.2 Å². The highest BCUT2D eigenvalue weighted by molar-refractivity contribution is 6.35. The van der Waals surface area contributed by atoms with Crippen molar-refractivity contribution < 1.29 is 4.79 Å². The third kappa shape index (κ3) is 0.962. The standard InChI is InChI=1S/C9H7ClO/c10-8-5-6-3-1-2-4-7(6)9(8)11/h1-4,8H,5H2/t8-/m0/s1. The summed E-state index contributed by atoms with van der Waals surface area (Å²) in [4.78, 5) is 11.3. The van der Waals surface area contributed by atoms with Gasteiger partial charge in [0.05, 0.1) is 0 Å². The lowest BCUT2D eigenvalue weighted by Gasteiger charge is -1.92. The second-order valence-corrected chi connectivity index (χ2v) is 3.22. The van der Waals surface area contributed by atoms with Crippen LogP contribution in [0.15, 0.2) is 24.3 Å². The lowest BCUT2D eigenvalue weighted by Crippen LogP contribution is -2.06. The molecule has 1 aromatic carbocycles. The number of carbonyl (C=O) groups excluding carboxylic acids is 1. The highest BCUT2D eigenvalue weighted by Crippen LogP contribution is 2.24. The van der Waals surface area contributed by atoms with Gasteiger partial charge in [0, 0.05) is 5.56 Å². The van der Waals surface area contributed by atoms with E-state index in [1.807, 2.05) is 24.3 Å². The van der Waals surface area contributed by atoms with Crippen LogP contribution in [0.5, 0.6) is 0 Å². The Bertz CT molecular complexity index is 306. The summed E-state index contributed by atoms with van der Waals surface area (Å²) in [6.45, 7) is 0. The van der Waals surface area contributed by atoms with Crippen LogP contribution in [0, 0.1) is 0 Å². The molecule has 1 aliphatic rings. The van der Waals surface area contributed by atoms with E-state index in [9.17, 15) is 4.79 Å². The average Bonchev–Trinajstić information content (AvgIpc) is 2.30. The summed E-state index contributed by atoms with van der Waals surface area (Å²) in [5, 5.41) is -0.326. The van der Waals surface area contributed by atoms with Crippen molar-refractivity contribution in [2.75, 3.05) is 0 Å². The first-order valence-electron chi connectivity index (χ1n) is 3.55. The Balaban J connectivity index is 2.55. The Hall–Kier alpha value is -0.820. The zero-order valence-corrected chi connectivity index (χ0v) is 6.64. The smallest absolute Gasteiger partial charge is 0.181 e. The summed E-state index contributed by atoms with van der Waals surface area (Å²) in [6, 6.07) is 7.59.